The van der Waals surface area contributed by atoms with Crippen molar-refractivity contribution >= 4 is 5.69 Å². The Morgan fingerprint density at radius 1 is 0.950 bits per heavy atom. The fourth-order valence-corrected chi connectivity index (χ4v) is 2.73. The van der Waals surface area contributed by atoms with Gasteiger partial charge in [0.2, 0.25) is 6.79 Å². The van der Waals surface area contributed by atoms with Crippen LogP contribution in [-0.4, -0.2) is 6.79 Å². The minimum absolute atomic E-state index is 0.323. The molecule has 1 aliphatic heterocycles. The summed E-state index contributed by atoms with van der Waals surface area (Å²) in [5, 5.41) is 3.65. The number of fused-ring (bicyclic) bond motifs is 1. The highest BCUT2D eigenvalue weighted by molar-refractivity contribution is 5.56. The Hall–Kier alpha value is -2.16. The van der Waals surface area contributed by atoms with Gasteiger partial charge in [-0.3, -0.25) is 0 Å². The molecule has 4 rings (SSSR count). The molecule has 2 aromatic rings. The molecule has 0 saturated heterocycles. The van der Waals surface area contributed by atoms with Crippen molar-refractivity contribution in [2.24, 2.45) is 5.92 Å². The molecule has 102 valence electrons. The average molecular weight is 267 g/mol. The third kappa shape index (κ3) is 2.20. The zero-order chi connectivity index (χ0) is 13.4. The van der Waals surface area contributed by atoms with Crippen molar-refractivity contribution in [2.75, 3.05) is 12.1 Å². The summed E-state index contributed by atoms with van der Waals surface area (Å²) in [4.78, 5) is 0. The Kier molecular flexibility index (Phi) is 2.76. The summed E-state index contributed by atoms with van der Waals surface area (Å²) >= 11 is 0. The van der Waals surface area contributed by atoms with E-state index in [4.69, 9.17) is 9.47 Å². The fourth-order valence-electron chi connectivity index (χ4n) is 2.73. The number of ether oxygens (including phenoxy) is 2. The topological polar surface area (TPSA) is 30.5 Å². The highest BCUT2D eigenvalue weighted by Crippen LogP contribution is 2.44. The predicted octanol–water partition coefficient (Wildman–Crippen LogP) is 3.98. The predicted molar refractivity (Wildman–Crippen MR) is 78.1 cm³/mol. The van der Waals surface area contributed by atoms with E-state index in [2.05, 4.69) is 41.7 Å². The molecule has 1 fully saturated rings. The van der Waals surface area contributed by atoms with Crippen molar-refractivity contribution in [1.29, 1.82) is 0 Å². The maximum Gasteiger partial charge on any atom is 0.231 e. The fraction of sp³-hybridized carbons (Fsp3) is 0.294. The highest BCUT2D eigenvalue weighted by atomic mass is 16.7. The SMILES string of the molecule is c1ccc(C(Nc2ccc3c(c2)OCO3)C2CC2)cc1. The molecule has 0 bridgehead atoms. The Morgan fingerprint density at radius 3 is 2.55 bits per heavy atom. The van der Waals surface area contributed by atoms with Crippen LogP contribution in [0.2, 0.25) is 0 Å². The molecule has 1 N–H and O–H groups in total. The molecule has 1 saturated carbocycles. The van der Waals surface area contributed by atoms with E-state index in [1.54, 1.807) is 0 Å². The second-order valence-electron chi connectivity index (χ2n) is 5.44. The van der Waals surface area contributed by atoms with Gasteiger partial charge in [-0.15, -0.1) is 0 Å². The minimum Gasteiger partial charge on any atom is -0.454 e. The Bertz CT molecular complexity index is 608. The molecule has 1 atom stereocenters. The molecule has 0 amide bonds. The van der Waals surface area contributed by atoms with Gasteiger partial charge in [-0.05, 0) is 36.5 Å². The molecule has 2 aliphatic rings. The summed E-state index contributed by atoms with van der Waals surface area (Å²) in [6, 6.07) is 17.1. The molecule has 0 spiro atoms. The number of nitrogens with one attached hydrogen (secondary N) is 1. The Balaban J connectivity index is 1.59. The molecule has 1 aliphatic carbocycles. The van der Waals surface area contributed by atoms with E-state index >= 15 is 0 Å². The number of rotatable bonds is 4. The van der Waals surface area contributed by atoms with Gasteiger partial charge in [-0.25, -0.2) is 0 Å². The van der Waals surface area contributed by atoms with Crippen LogP contribution >= 0.6 is 0 Å². The average Bonchev–Trinajstić information content (AvgIpc) is 3.23. The second-order valence-corrected chi connectivity index (χ2v) is 5.44. The molecule has 3 nitrogen and oxygen atoms in total. The van der Waals surface area contributed by atoms with Crippen LogP contribution in [0.25, 0.3) is 0 Å². The quantitative estimate of drug-likeness (QED) is 0.909. The largest absolute Gasteiger partial charge is 0.454 e. The van der Waals surface area contributed by atoms with E-state index in [0.29, 0.717) is 12.8 Å². The molecule has 1 unspecified atom stereocenters. The molecule has 20 heavy (non-hydrogen) atoms. The van der Waals surface area contributed by atoms with Crippen molar-refractivity contribution in [3.05, 3.63) is 54.1 Å². The third-order valence-corrected chi connectivity index (χ3v) is 3.95. The lowest BCUT2D eigenvalue weighted by molar-refractivity contribution is 0.174. The van der Waals surface area contributed by atoms with E-state index in [1.165, 1.54) is 18.4 Å². The van der Waals surface area contributed by atoms with Crippen molar-refractivity contribution < 1.29 is 9.47 Å². The summed E-state index contributed by atoms with van der Waals surface area (Å²) in [6.07, 6.45) is 2.61. The molecule has 1 heterocycles. The van der Waals surface area contributed by atoms with Crippen molar-refractivity contribution in [1.82, 2.24) is 0 Å². The summed E-state index contributed by atoms with van der Waals surface area (Å²) in [5.74, 6) is 2.40. The highest BCUT2D eigenvalue weighted by Gasteiger charge is 2.32. The summed E-state index contributed by atoms with van der Waals surface area (Å²) in [6.45, 7) is 0.323. The Labute approximate surface area is 118 Å². The lowest BCUT2D eigenvalue weighted by atomic mass is 10.0. The number of hydrogen-bond donors (Lipinski definition) is 1. The van der Waals surface area contributed by atoms with Gasteiger partial charge in [0.25, 0.3) is 0 Å². The van der Waals surface area contributed by atoms with Crippen molar-refractivity contribution in [3.8, 4) is 11.5 Å². The monoisotopic (exact) mass is 267 g/mol. The van der Waals surface area contributed by atoms with Crippen LogP contribution in [0.3, 0.4) is 0 Å². The molecule has 3 heteroatoms. The molecular weight excluding hydrogens is 250 g/mol. The van der Waals surface area contributed by atoms with E-state index in [0.717, 1.165) is 23.1 Å². The number of anilines is 1. The first-order chi connectivity index (χ1) is 9.90. The maximum absolute atomic E-state index is 5.44. The minimum atomic E-state index is 0.323. The van der Waals surface area contributed by atoms with Gasteiger partial charge in [-0.2, -0.15) is 0 Å². The summed E-state index contributed by atoms with van der Waals surface area (Å²) < 4.78 is 10.8. The maximum atomic E-state index is 5.44. The first kappa shape index (κ1) is 11.6. The van der Waals surface area contributed by atoms with Crippen molar-refractivity contribution in [2.45, 2.75) is 18.9 Å². The van der Waals surface area contributed by atoms with E-state index in [1.807, 2.05) is 12.1 Å². The second kappa shape index (κ2) is 4.75. The first-order valence-electron chi connectivity index (χ1n) is 7.11. The lowest BCUT2D eigenvalue weighted by Crippen LogP contribution is -2.12. The summed E-state index contributed by atoms with van der Waals surface area (Å²) in [7, 11) is 0. The standard InChI is InChI=1S/C17H17NO2/c1-2-4-12(5-3-1)17(13-6-7-13)18-14-8-9-15-16(10-14)20-11-19-15/h1-5,8-10,13,17-18H,6-7,11H2. The van der Waals surface area contributed by atoms with Crippen LogP contribution in [0.4, 0.5) is 5.69 Å². The van der Waals surface area contributed by atoms with Gasteiger partial charge in [-0.1, -0.05) is 30.3 Å². The van der Waals surface area contributed by atoms with Crippen LogP contribution in [0, 0.1) is 5.92 Å². The van der Waals surface area contributed by atoms with E-state index in [9.17, 15) is 0 Å². The zero-order valence-corrected chi connectivity index (χ0v) is 11.2. The van der Waals surface area contributed by atoms with Crippen molar-refractivity contribution in [3.63, 3.8) is 0 Å². The van der Waals surface area contributed by atoms with Gasteiger partial charge >= 0.3 is 0 Å². The van der Waals surface area contributed by atoms with Gasteiger partial charge in [0.05, 0.1) is 6.04 Å². The Morgan fingerprint density at radius 2 is 1.75 bits per heavy atom. The van der Waals surface area contributed by atoms with E-state index in [-0.39, 0.29) is 0 Å². The smallest absolute Gasteiger partial charge is 0.231 e. The molecule has 2 aromatic carbocycles. The zero-order valence-electron chi connectivity index (χ0n) is 11.2. The van der Waals surface area contributed by atoms with Gasteiger partial charge in [0.1, 0.15) is 0 Å². The van der Waals surface area contributed by atoms with Crippen LogP contribution in [-0.2, 0) is 0 Å². The third-order valence-electron chi connectivity index (χ3n) is 3.95. The van der Waals surface area contributed by atoms with Gasteiger partial charge in [0.15, 0.2) is 11.5 Å². The molecular formula is C17H17NO2. The van der Waals surface area contributed by atoms with E-state index < -0.39 is 0 Å². The van der Waals surface area contributed by atoms with Crippen LogP contribution in [0.15, 0.2) is 48.5 Å². The summed E-state index contributed by atoms with van der Waals surface area (Å²) in [5.41, 5.74) is 2.45. The van der Waals surface area contributed by atoms with Gasteiger partial charge in [0, 0.05) is 11.8 Å². The lowest BCUT2D eigenvalue weighted by Gasteiger charge is -2.20. The van der Waals surface area contributed by atoms with Crippen LogP contribution in [0.5, 0.6) is 11.5 Å². The van der Waals surface area contributed by atoms with Crippen LogP contribution in [0.1, 0.15) is 24.4 Å². The van der Waals surface area contributed by atoms with Gasteiger partial charge < -0.3 is 14.8 Å². The first-order valence-corrected chi connectivity index (χ1v) is 7.11. The van der Waals surface area contributed by atoms with Crippen LogP contribution < -0.4 is 14.8 Å². The molecule has 0 aromatic heterocycles. The number of benzene rings is 2. The molecule has 0 radical (unpaired) electrons. The normalized spacial score (nSPS) is 17.8. The number of hydrogen-bond acceptors (Lipinski definition) is 3.